The van der Waals surface area contributed by atoms with Crippen LogP contribution >= 0.6 is 52.6 Å². The van der Waals surface area contributed by atoms with Gasteiger partial charge < -0.3 is 115 Å². The van der Waals surface area contributed by atoms with Gasteiger partial charge in [0, 0.05) is 92.7 Å². The number of aryl methyl sites for hydroxylation is 4. The lowest BCUT2D eigenvalue weighted by molar-refractivity contribution is -0.0558. The predicted octanol–water partition coefficient (Wildman–Crippen LogP) is 1.85. The van der Waals surface area contributed by atoms with E-state index in [1.807, 2.05) is 0 Å². The van der Waals surface area contributed by atoms with Crippen LogP contribution in [0.15, 0.2) is 83.7 Å². The summed E-state index contributed by atoms with van der Waals surface area (Å²) in [5, 5.41) is 0. The minimum atomic E-state index is -4.76. The van der Waals surface area contributed by atoms with Gasteiger partial charge in [0.25, 0.3) is 16.7 Å². The minimum absolute atomic E-state index is 0.00899. The molecule has 0 aliphatic carbocycles. The first-order valence-corrected chi connectivity index (χ1v) is 53.0. The fraction of sp³-hybridized carbons (Fsp3) is 0.581. The summed E-state index contributed by atoms with van der Waals surface area (Å²) < 4.78 is 131. The summed E-state index contributed by atoms with van der Waals surface area (Å²) in [6, 6.07) is 0. The molecule has 14 N–H and O–H groups in total. The van der Waals surface area contributed by atoms with Gasteiger partial charge in [-0.25, -0.2) is 53.6 Å². The molecule has 0 amide bonds. The number of anilines is 3. The largest absolute Gasteiger partial charge is 0.386 e. The molecule has 0 aromatic carbocycles. The number of nitrogens with two attached hydrogens (primary N) is 3. The second kappa shape index (κ2) is 38.0. The minimum Gasteiger partial charge on any atom is -0.383 e. The fourth-order valence-corrected chi connectivity index (χ4v) is 22.8. The van der Waals surface area contributed by atoms with Gasteiger partial charge in [-0.05, 0) is 93.2 Å². The Balaban J connectivity index is 0.672. The van der Waals surface area contributed by atoms with Crippen molar-refractivity contribution in [1.29, 1.82) is 0 Å². The first kappa shape index (κ1) is 94.4. The summed E-state index contributed by atoms with van der Waals surface area (Å²) in [7, 11) is 1.12. The van der Waals surface area contributed by atoms with E-state index in [2.05, 4.69) is 62.1 Å². The summed E-state index contributed by atoms with van der Waals surface area (Å²) in [6.45, 7) is -22.5. The van der Waals surface area contributed by atoms with Crippen LogP contribution in [0.4, 0.5) is 17.5 Å². The molecule has 6 aliphatic rings. The number of nitrogens with one attached hydrogen (secondary N) is 3. The second-order valence-corrected chi connectivity index (χ2v) is 46.0. The Morgan fingerprint density at radius 3 is 1.05 bits per heavy atom. The molecule has 6 unspecified atom stereocenters. The van der Waals surface area contributed by atoms with Gasteiger partial charge in [0.1, 0.15) is 103 Å². The summed E-state index contributed by atoms with van der Waals surface area (Å²) in [6.07, 6.45) is -12.6. The molecule has 14 heterocycles. The van der Waals surface area contributed by atoms with Gasteiger partial charge in [-0.15, -0.1) is 0 Å². The van der Waals surface area contributed by atoms with E-state index in [1.165, 1.54) is 84.6 Å². The fourth-order valence-electron chi connectivity index (χ4n) is 14.4. The third kappa shape index (κ3) is 22.0. The number of rotatable bonds is 35. The number of H-pyrrole nitrogens is 3. The summed E-state index contributed by atoms with van der Waals surface area (Å²) in [5.41, 5.74) is 14.6. The Hall–Kier alpha value is -5.67. The highest BCUT2D eigenvalue weighted by Crippen LogP contribution is 2.60. The number of hydrogen-bond acceptors (Lipinski definition) is 41. The molecule has 124 heavy (non-hydrogen) atoms. The number of imidazole rings is 2. The molecule has 0 radical (unpaired) electrons. The molecule has 0 saturated carbocycles. The standard InChI is InChI=1S/C62H83N19O31P6S6/c1-7-31-32(8-43(101-31)77-15-28(3)56(82)73-60(77)86)108-114(90,120)96-19-40-35(11-46(104-40)79-17-30(5)58(84)75-62(79)88)110-115(91,121)98-20-39-34(10-44(103-39)76-14-27(2)51(63)72-59(76)85)109-116(92,122)99-21-41-37(13-48(105-41)81-26-71-50-53(65)67-24-69-55(50)81)112-118(94,124)100-22-42-36(12-47(106-42)80-25-70-49-52(64)66-23-68-54(49)80)111-117(93,123)97-18-38-33(107-113(89,119)95-6)9-45(102-38)78-16-29(4)57(83)74-61(78)87/h14-17,23-26,31-48H,7-13,18-22H2,1-6H3,(H,89,119)(H,90,120)(H,91,121)(H,92,122)(H,93,123)(H,94,124)(H2,63,72,85)(H2,64,66,68)(H2,65,67,69)(H,73,82,86)(H,74,83,87)(H,75,84,88)/t31-,32-,33-,34-,35-,36-,37-,38-,39-,40-,41-,42-,43-,44-,45-,46-,47-,48-,113?,114?,115?,116?,117?,118?/m1/s1. The van der Waals surface area contributed by atoms with Crippen molar-refractivity contribution < 1.29 is 112 Å². The van der Waals surface area contributed by atoms with Gasteiger partial charge in [0.15, 0.2) is 22.9 Å². The highest BCUT2D eigenvalue weighted by molar-refractivity contribution is 8.44. The molecule has 14 rings (SSSR count). The van der Waals surface area contributed by atoms with Crippen molar-refractivity contribution in [3.8, 4) is 0 Å². The van der Waals surface area contributed by atoms with Gasteiger partial charge in [-0.1, -0.05) is 19.2 Å². The molecule has 8 aromatic heterocycles. The number of aromatic amines is 3. The summed E-state index contributed by atoms with van der Waals surface area (Å²) in [5.74, 6) is -0.0660. The quantitative estimate of drug-likeness (QED) is 0.0199. The molecule has 0 spiro atoms. The zero-order valence-corrected chi connectivity index (χ0v) is 75.9. The van der Waals surface area contributed by atoms with Crippen molar-refractivity contribution in [3.05, 3.63) is 145 Å². The Bertz CT molecular complexity index is 6130. The topological polar surface area (TPSA) is 649 Å². The monoisotopic (exact) mass is 1970 g/mol. The summed E-state index contributed by atoms with van der Waals surface area (Å²) in [4.78, 5) is 184. The molecule has 24 atom stereocenters. The first-order valence-electron chi connectivity index (χ1n) is 37.4. The van der Waals surface area contributed by atoms with Gasteiger partial charge in [-0.3, -0.25) is 65.8 Å². The number of hydrogen-bond donors (Lipinski definition) is 12. The van der Waals surface area contributed by atoms with Crippen molar-refractivity contribution >= 4 is 151 Å². The van der Waals surface area contributed by atoms with Crippen LogP contribution in [0.3, 0.4) is 0 Å². The number of fused-ring (bicyclic) bond motifs is 2. The van der Waals surface area contributed by atoms with E-state index < -0.39 is 223 Å². The van der Waals surface area contributed by atoms with Crippen LogP contribution in [-0.4, -0.2) is 215 Å². The van der Waals surface area contributed by atoms with Crippen LogP contribution in [0, 0.1) is 27.7 Å². The van der Waals surface area contributed by atoms with E-state index in [4.69, 9.17) is 159 Å². The van der Waals surface area contributed by atoms with Crippen LogP contribution in [0.1, 0.15) is 111 Å². The number of ether oxygens (including phenoxy) is 6. The highest BCUT2D eigenvalue weighted by atomic mass is 32.7. The maximum absolute atomic E-state index is 14.7. The Morgan fingerprint density at radius 1 is 0.419 bits per heavy atom. The molecule has 678 valence electrons. The van der Waals surface area contributed by atoms with Crippen LogP contribution in [-0.2, 0) is 146 Å². The van der Waals surface area contributed by atoms with Gasteiger partial charge in [-0.2, -0.15) is 4.98 Å². The van der Waals surface area contributed by atoms with Crippen LogP contribution in [0.5, 0.6) is 0 Å². The molecule has 0 bridgehead atoms. The van der Waals surface area contributed by atoms with E-state index in [1.54, 1.807) is 13.8 Å². The lowest BCUT2D eigenvalue weighted by Crippen LogP contribution is -2.33. The third-order valence-corrected chi connectivity index (χ3v) is 30.3. The number of nitrogens with zero attached hydrogens (tertiary/aromatic N) is 13. The van der Waals surface area contributed by atoms with E-state index in [0.717, 1.165) is 20.8 Å². The Kier molecular flexibility index (Phi) is 29.0. The van der Waals surface area contributed by atoms with E-state index in [-0.39, 0.29) is 95.0 Å². The third-order valence-electron chi connectivity index (χ3n) is 20.6. The molecule has 50 nitrogen and oxygen atoms in total. The van der Waals surface area contributed by atoms with Crippen molar-refractivity contribution in [2.75, 3.05) is 57.3 Å². The maximum atomic E-state index is 14.7. The van der Waals surface area contributed by atoms with E-state index >= 15 is 0 Å². The molecule has 62 heteroatoms. The zero-order chi connectivity index (χ0) is 89.2. The number of aromatic nitrogens is 16. The number of thiol groups is 1. The average Bonchev–Trinajstić information content (AvgIpc) is 1.62. The van der Waals surface area contributed by atoms with Crippen molar-refractivity contribution in [2.45, 2.75) is 190 Å². The van der Waals surface area contributed by atoms with E-state index in [9.17, 15) is 62.6 Å². The SMILES string of the molecule is CC[C@H]1O[C@@H](n2cc(C)c(=O)[nH]c2=O)C[C@H]1OP(O)(=S)OC[C@H]1O[C@@H](n2cc(C)c(=O)[nH]c2=O)C[C@H]1OP(=O)(S)OC[C@H]1O[C@@H](n2cc(C)c(N)nc2=O)C[C@H]1OP(O)(=S)OC[C@H]1O[C@@H](n2cnc3c(N)ncnc32)C[C@H]1OP(O)(=S)OC[C@H]1O[C@@H](n2cnc3c(N)ncnc32)C[C@H]1OP(O)(=S)OC[C@H]1O[C@@H](n2cc(C)c(=O)[nH]c2=O)C[C@H]1OP(O)(=S)OC. The predicted molar refractivity (Wildman–Crippen MR) is 452 cm³/mol. The summed E-state index contributed by atoms with van der Waals surface area (Å²) >= 11 is 31.9. The first-order chi connectivity index (χ1) is 58.4. The normalized spacial score (nSPS) is 29.6. The molecule has 6 fully saturated rings. The van der Waals surface area contributed by atoms with Gasteiger partial charge in [0.05, 0.1) is 82.3 Å². The van der Waals surface area contributed by atoms with E-state index in [0.29, 0.717) is 12.0 Å². The molecular formula is C62H83N19O31P6S6. The molecule has 6 aliphatic heterocycles. The van der Waals surface area contributed by atoms with Crippen molar-refractivity contribution in [1.82, 2.24) is 77.2 Å². The second-order valence-electron chi connectivity index (χ2n) is 29.0. The Morgan fingerprint density at radius 2 is 0.710 bits per heavy atom. The van der Waals surface area contributed by atoms with Crippen LogP contribution in [0.25, 0.3) is 22.3 Å². The van der Waals surface area contributed by atoms with Gasteiger partial charge >= 0.3 is 63.1 Å². The lowest BCUT2D eigenvalue weighted by Gasteiger charge is -2.28. The number of nitrogen functional groups attached to an aromatic ring is 3. The van der Waals surface area contributed by atoms with Crippen LogP contribution < -0.4 is 56.6 Å². The molecule has 6 saturated heterocycles. The smallest absolute Gasteiger partial charge is 0.383 e. The average molecular weight is 1970 g/mol. The van der Waals surface area contributed by atoms with Crippen molar-refractivity contribution in [3.63, 3.8) is 0 Å². The lowest BCUT2D eigenvalue weighted by atomic mass is 10.1. The Labute approximate surface area is 728 Å². The molecule has 8 aromatic rings. The highest BCUT2D eigenvalue weighted by Gasteiger charge is 2.51. The maximum Gasteiger partial charge on any atom is 0.386 e. The zero-order valence-electron chi connectivity index (χ0n) is 65.6. The van der Waals surface area contributed by atoms with Crippen LogP contribution in [0.2, 0.25) is 0 Å². The van der Waals surface area contributed by atoms with Crippen molar-refractivity contribution in [2.24, 2.45) is 0 Å². The molecular weight excluding hydrogens is 1890 g/mol. The van der Waals surface area contributed by atoms with Gasteiger partial charge in [0.2, 0.25) is 0 Å².